The molecule has 2 rings (SSSR count). The Morgan fingerprint density at radius 2 is 2.35 bits per heavy atom. The van der Waals surface area contributed by atoms with Gasteiger partial charge in [0.2, 0.25) is 0 Å². The van der Waals surface area contributed by atoms with Crippen LogP contribution >= 0.6 is 11.3 Å². The largest absolute Gasteiger partial charge is 0.388 e. The Balaban J connectivity index is 2.55. The minimum Gasteiger partial charge on any atom is -0.388 e. The molecule has 0 aliphatic heterocycles. The van der Waals surface area contributed by atoms with E-state index in [4.69, 9.17) is 0 Å². The summed E-state index contributed by atoms with van der Waals surface area (Å²) in [5.74, 6) is 0. The van der Waals surface area contributed by atoms with Gasteiger partial charge in [0.25, 0.3) is 0 Å². The van der Waals surface area contributed by atoms with Gasteiger partial charge in [-0.25, -0.2) is 4.68 Å². The van der Waals surface area contributed by atoms with Gasteiger partial charge in [-0.1, -0.05) is 0 Å². The highest BCUT2D eigenvalue weighted by molar-refractivity contribution is 7.15. The van der Waals surface area contributed by atoms with E-state index >= 15 is 0 Å². The second-order valence-corrected chi connectivity index (χ2v) is 4.80. The summed E-state index contributed by atoms with van der Waals surface area (Å²) in [6, 6.07) is 1.39. The lowest BCUT2D eigenvalue weighted by atomic mass is 10.3. The van der Waals surface area contributed by atoms with Gasteiger partial charge in [0.05, 0.1) is 17.2 Å². The maximum absolute atomic E-state index is 10.9. The molecule has 0 saturated heterocycles. The molecule has 6 nitrogen and oxygen atoms in total. The van der Waals surface area contributed by atoms with Crippen molar-refractivity contribution in [1.29, 1.82) is 0 Å². The molecule has 2 heterocycles. The van der Waals surface area contributed by atoms with Crippen LogP contribution in [0, 0.1) is 17.0 Å². The van der Waals surface area contributed by atoms with Crippen LogP contribution in [-0.2, 0) is 0 Å². The van der Waals surface area contributed by atoms with Gasteiger partial charge < -0.3 is 5.11 Å². The summed E-state index contributed by atoms with van der Waals surface area (Å²) in [5, 5.41) is 24.8. The Bertz CT molecular complexity index is 559. The second-order valence-electron chi connectivity index (χ2n) is 3.73. The number of rotatable bonds is 3. The molecule has 0 unspecified atom stereocenters. The fourth-order valence-electron chi connectivity index (χ4n) is 1.41. The van der Waals surface area contributed by atoms with Crippen molar-refractivity contribution < 1.29 is 10.0 Å². The van der Waals surface area contributed by atoms with Crippen LogP contribution in [0.1, 0.15) is 23.5 Å². The molecule has 1 N–H and O–H groups in total. The van der Waals surface area contributed by atoms with Crippen molar-refractivity contribution in [1.82, 2.24) is 9.78 Å². The first-order valence-corrected chi connectivity index (χ1v) is 5.78. The topological polar surface area (TPSA) is 81.2 Å². The standard InChI is InChI=1S/C10H11N3O3S/c1-6-4-11-12(5-6)10-8(13(15)16)3-9(17-10)7(2)14/h3-5,7,14H,1-2H3/t7-/m1/s1. The number of aromatic nitrogens is 2. The molecule has 90 valence electrons. The highest BCUT2D eigenvalue weighted by atomic mass is 32.1. The smallest absolute Gasteiger partial charge is 0.306 e. The maximum atomic E-state index is 10.9. The summed E-state index contributed by atoms with van der Waals surface area (Å²) in [5.41, 5.74) is 0.889. The minimum absolute atomic E-state index is 0.0333. The highest BCUT2D eigenvalue weighted by Crippen LogP contribution is 2.35. The molecule has 0 bridgehead atoms. The highest BCUT2D eigenvalue weighted by Gasteiger charge is 2.22. The Kier molecular flexibility index (Phi) is 2.95. The number of thiophene rings is 1. The molecule has 0 saturated carbocycles. The quantitative estimate of drug-likeness (QED) is 0.671. The molecule has 17 heavy (non-hydrogen) atoms. The Hall–Kier alpha value is -1.73. The molecule has 0 spiro atoms. The lowest BCUT2D eigenvalue weighted by Crippen LogP contribution is -1.95. The summed E-state index contributed by atoms with van der Waals surface area (Å²) in [6.45, 7) is 3.44. The average molecular weight is 253 g/mol. The molecule has 0 aliphatic rings. The van der Waals surface area contributed by atoms with E-state index in [1.807, 2.05) is 6.92 Å². The Morgan fingerprint density at radius 3 is 2.82 bits per heavy atom. The van der Waals surface area contributed by atoms with E-state index in [9.17, 15) is 15.2 Å². The number of aryl methyl sites for hydroxylation is 1. The normalized spacial score (nSPS) is 12.6. The summed E-state index contributed by atoms with van der Waals surface area (Å²) in [7, 11) is 0. The van der Waals surface area contributed by atoms with Crippen molar-refractivity contribution >= 4 is 17.0 Å². The number of hydrogen-bond acceptors (Lipinski definition) is 5. The molecule has 0 aliphatic carbocycles. The van der Waals surface area contributed by atoms with Crippen molar-refractivity contribution in [2.24, 2.45) is 0 Å². The molecular weight excluding hydrogens is 242 g/mol. The van der Waals surface area contributed by atoms with E-state index in [-0.39, 0.29) is 5.69 Å². The SMILES string of the molecule is Cc1cnn(-c2sc([C@@H](C)O)cc2[N+](=O)[O-])c1. The molecule has 2 aromatic heterocycles. The van der Waals surface area contributed by atoms with Crippen LogP contribution in [0.25, 0.3) is 5.00 Å². The lowest BCUT2D eigenvalue weighted by molar-refractivity contribution is -0.384. The van der Waals surface area contributed by atoms with E-state index in [0.717, 1.165) is 5.56 Å². The van der Waals surface area contributed by atoms with Crippen LogP contribution in [0.4, 0.5) is 5.69 Å². The van der Waals surface area contributed by atoms with Gasteiger partial charge in [-0.3, -0.25) is 10.1 Å². The summed E-state index contributed by atoms with van der Waals surface area (Å²) in [6.07, 6.45) is 2.62. The van der Waals surface area contributed by atoms with Crippen molar-refractivity contribution in [2.45, 2.75) is 20.0 Å². The predicted molar refractivity (Wildman–Crippen MR) is 63.5 cm³/mol. The second kappa shape index (κ2) is 4.27. The van der Waals surface area contributed by atoms with Crippen LogP contribution in [0.3, 0.4) is 0 Å². The zero-order valence-corrected chi connectivity index (χ0v) is 10.1. The van der Waals surface area contributed by atoms with Gasteiger partial charge in [-0.15, -0.1) is 11.3 Å². The summed E-state index contributed by atoms with van der Waals surface area (Å²) < 4.78 is 1.46. The molecule has 1 atom stereocenters. The maximum Gasteiger partial charge on any atom is 0.306 e. The van der Waals surface area contributed by atoms with Gasteiger partial charge in [-0.2, -0.15) is 5.10 Å². The van der Waals surface area contributed by atoms with Crippen LogP contribution in [0.5, 0.6) is 0 Å². The average Bonchev–Trinajstić information content (AvgIpc) is 2.82. The first-order chi connectivity index (χ1) is 7.99. The fourth-order valence-corrected chi connectivity index (χ4v) is 2.41. The monoisotopic (exact) mass is 253 g/mol. The van der Waals surface area contributed by atoms with Gasteiger partial charge >= 0.3 is 5.69 Å². The minimum atomic E-state index is -0.718. The van der Waals surface area contributed by atoms with Crippen molar-refractivity contribution in [3.8, 4) is 5.00 Å². The van der Waals surface area contributed by atoms with Gasteiger partial charge in [0.1, 0.15) is 0 Å². The first-order valence-electron chi connectivity index (χ1n) is 4.97. The molecule has 7 heteroatoms. The van der Waals surface area contributed by atoms with Crippen molar-refractivity contribution in [3.05, 3.63) is 39.0 Å². The van der Waals surface area contributed by atoms with E-state index < -0.39 is 11.0 Å². The first kappa shape index (κ1) is 11.7. The van der Waals surface area contributed by atoms with Crippen LogP contribution in [0.2, 0.25) is 0 Å². The van der Waals surface area contributed by atoms with Crippen LogP contribution in [-0.4, -0.2) is 19.8 Å². The third-order valence-corrected chi connectivity index (χ3v) is 3.53. The van der Waals surface area contributed by atoms with Gasteiger partial charge in [0, 0.05) is 17.1 Å². The fraction of sp³-hybridized carbons (Fsp3) is 0.300. The van der Waals surface area contributed by atoms with Crippen molar-refractivity contribution in [3.63, 3.8) is 0 Å². The predicted octanol–water partition coefficient (Wildman–Crippen LogP) is 2.20. The number of nitrogens with zero attached hydrogens (tertiary/aromatic N) is 3. The van der Waals surface area contributed by atoms with E-state index in [1.165, 1.54) is 22.1 Å². The third kappa shape index (κ3) is 2.20. The van der Waals surface area contributed by atoms with Crippen LogP contribution < -0.4 is 0 Å². The molecule has 0 fully saturated rings. The van der Waals surface area contributed by atoms with Crippen molar-refractivity contribution in [2.75, 3.05) is 0 Å². The number of nitro groups is 1. The molecule has 0 amide bonds. The van der Waals surface area contributed by atoms with E-state index in [2.05, 4.69) is 5.10 Å². The number of aliphatic hydroxyl groups excluding tert-OH is 1. The van der Waals surface area contributed by atoms with E-state index in [0.29, 0.717) is 9.88 Å². The van der Waals surface area contributed by atoms with Gasteiger partial charge in [-0.05, 0) is 19.4 Å². The number of hydrogen-bond donors (Lipinski definition) is 1. The van der Waals surface area contributed by atoms with Gasteiger partial charge in [0.15, 0.2) is 5.00 Å². The number of aliphatic hydroxyl groups is 1. The molecule has 0 radical (unpaired) electrons. The summed E-state index contributed by atoms with van der Waals surface area (Å²) >= 11 is 1.17. The van der Waals surface area contributed by atoms with Crippen LogP contribution in [0.15, 0.2) is 18.5 Å². The van der Waals surface area contributed by atoms with E-state index in [1.54, 1.807) is 19.3 Å². The third-order valence-electron chi connectivity index (χ3n) is 2.24. The zero-order valence-electron chi connectivity index (χ0n) is 9.32. The lowest BCUT2D eigenvalue weighted by Gasteiger charge is -1.97. The Morgan fingerprint density at radius 1 is 1.65 bits per heavy atom. The molecule has 0 aromatic carbocycles. The molecular formula is C10H11N3O3S. The summed E-state index contributed by atoms with van der Waals surface area (Å²) in [4.78, 5) is 11.0. The Labute approximate surface area is 101 Å². The molecule has 2 aromatic rings. The zero-order chi connectivity index (χ0) is 12.6.